The van der Waals surface area contributed by atoms with Gasteiger partial charge in [0.25, 0.3) is 0 Å². The maximum Gasteiger partial charge on any atom is 0.311 e. The Morgan fingerprint density at radius 1 is 1.21 bits per heavy atom. The normalized spacial score (nSPS) is 35.6. The molecule has 222 valence electrons. The minimum absolute atomic E-state index is 0.00975. The molecule has 0 spiro atoms. The van der Waals surface area contributed by atoms with E-state index in [0.717, 1.165) is 6.29 Å². The molecule has 2 fully saturated rings. The van der Waals surface area contributed by atoms with Gasteiger partial charge in [-0.3, -0.25) is 9.59 Å². The van der Waals surface area contributed by atoms with E-state index in [1.807, 2.05) is 32.9 Å². The molecule has 1 saturated heterocycles. The van der Waals surface area contributed by atoms with Crippen molar-refractivity contribution in [3.63, 3.8) is 0 Å². The maximum absolute atomic E-state index is 13.1. The number of carbonyl (C=O) groups is 3. The molecule has 0 aromatic heterocycles. The molecule has 7 nitrogen and oxygen atoms in total. The smallest absolute Gasteiger partial charge is 0.311 e. The minimum atomic E-state index is -2.03. The van der Waals surface area contributed by atoms with Gasteiger partial charge in [-0.05, 0) is 75.9 Å². The number of fused-ring (bicyclic) bond motifs is 1. The van der Waals surface area contributed by atoms with Crippen LogP contribution in [0.3, 0.4) is 0 Å². The fourth-order valence-corrected chi connectivity index (χ4v) is 7.58. The maximum atomic E-state index is 13.1. The molecule has 2 aliphatic carbocycles. The van der Waals surface area contributed by atoms with Gasteiger partial charge in [-0.2, -0.15) is 0 Å². The SMILES string of the molecule is CCC(C)(C)C(=O)O[C@H]1C[C@@H](C=O)C[C@]2(O)C=C[C@H](C)[C@H](CC[C@@H]3C[C@@H](O[Si](C)(C)C(C)(C)C)CC(=O)O3)[C@@H]12. The molecule has 3 rings (SSSR count). The van der Waals surface area contributed by atoms with Crippen LogP contribution in [-0.4, -0.2) is 55.6 Å². The highest BCUT2D eigenvalue weighted by atomic mass is 28.4. The van der Waals surface area contributed by atoms with Crippen molar-refractivity contribution in [2.75, 3.05) is 0 Å². The molecule has 0 aromatic carbocycles. The third-order valence-corrected chi connectivity index (χ3v) is 14.7. The third kappa shape index (κ3) is 7.23. The van der Waals surface area contributed by atoms with Crippen molar-refractivity contribution in [1.82, 2.24) is 0 Å². The molecular weight excluding hydrogens is 512 g/mol. The predicted octanol–water partition coefficient (Wildman–Crippen LogP) is 5.99. The molecular formula is C31H52O7Si. The highest BCUT2D eigenvalue weighted by Gasteiger charge is 2.54. The zero-order chi connectivity index (χ0) is 29.4. The van der Waals surface area contributed by atoms with E-state index in [9.17, 15) is 19.5 Å². The standard InChI is InChI=1S/C31H52O7Si/c1-10-30(6,7)28(34)37-25-15-21(19-32)18-31(35)14-13-20(2)24(27(25)31)12-11-22-16-23(17-26(33)36-22)38-39(8,9)29(3,4)5/h13-14,19-25,27,35H,10-12,15-18H2,1-9H3/t20-,21+,22+,23+,24-,25-,27-,31+/m0/s1. The molecule has 1 saturated carbocycles. The molecule has 0 aromatic rings. The topological polar surface area (TPSA) is 99.1 Å². The Labute approximate surface area is 236 Å². The van der Waals surface area contributed by atoms with Crippen LogP contribution in [0, 0.1) is 29.1 Å². The number of aldehydes is 1. The summed E-state index contributed by atoms with van der Waals surface area (Å²) < 4.78 is 18.5. The first-order valence-corrected chi connectivity index (χ1v) is 17.8. The Morgan fingerprint density at radius 2 is 1.87 bits per heavy atom. The van der Waals surface area contributed by atoms with Crippen LogP contribution in [0.1, 0.15) is 93.4 Å². The van der Waals surface area contributed by atoms with Crippen LogP contribution in [0.15, 0.2) is 12.2 Å². The van der Waals surface area contributed by atoms with Crippen molar-refractivity contribution in [3.05, 3.63) is 12.2 Å². The van der Waals surface area contributed by atoms with E-state index in [1.165, 1.54) is 0 Å². The van der Waals surface area contributed by atoms with E-state index in [4.69, 9.17) is 13.9 Å². The van der Waals surface area contributed by atoms with E-state index in [1.54, 1.807) is 0 Å². The Hall–Kier alpha value is -1.51. The lowest BCUT2D eigenvalue weighted by Crippen LogP contribution is -2.57. The van der Waals surface area contributed by atoms with Crippen LogP contribution >= 0.6 is 0 Å². The second-order valence-corrected chi connectivity index (χ2v) is 19.3. The first-order valence-electron chi connectivity index (χ1n) is 14.9. The van der Waals surface area contributed by atoms with Gasteiger partial charge >= 0.3 is 11.9 Å². The summed E-state index contributed by atoms with van der Waals surface area (Å²) in [4.78, 5) is 37.5. The van der Waals surface area contributed by atoms with Gasteiger partial charge in [-0.15, -0.1) is 0 Å². The highest BCUT2D eigenvalue weighted by Crippen LogP contribution is 2.50. The van der Waals surface area contributed by atoms with Gasteiger partial charge in [0.15, 0.2) is 8.32 Å². The molecule has 1 N–H and O–H groups in total. The van der Waals surface area contributed by atoms with Crippen molar-refractivity contribution in [1.29, 1.82) is 0 Å². The zero-order valence-electron chi connectivity index (χ0n) is 25.6. The molecule has 1 aliphatic heterocycles. The Morgan fingerprint density at radius 3 is 2.46 bits per heavy atom. The molecule has 3 aliphatic rings. The van der Waals surface area contributed by atoms with E-state index in [0.29, 0.717) is 38.5 Å². The summed E-state index contributed by atoms with van der Waals surface area (Å²) in [6.45, 7) is 18.8. The van der Waals surface area contributed by atoms with E-state index >= 15 is 0 Å². The molecule has 0 radical (unpaired) electrons. The summed E-state index contributed by atoms with van der Waals surface area (Å²) in [5, 5.41) is 11.9. The number of ether oxygens (including phenoxy) is 2. The first-order chi connectivity index (χ1) is 17.9. The van der Waals surface area contributed by atoms with Crippen molar-refractivity contribution in [3.8, 4) is 0 Å². The van der Waals surface area contributed by atoms with Crippen LogP contribution in [0.4, 0.5) is 0 Å². The molecule has 0 bridgehead atoms. The Bertz CT molecular complexity index is 936. The van der Waals surface area contributed by atoms with Crippen LogP contribution < -0.4 is 0 Å². The van der Waals surface area contributed by atoms with Gasteiger partial charge in [0.05, 0.1) is 23.5 Å². The zero-order valence-corrected chi connectivity index (χ0v) is 26.6. The van der Waals surface area contributed by atoms with Gasteiger partial charge in [0, 0.05) is 18.3 Å². The number of hydrogen-bond acceptors (Lipinski definition) is 7. The van der Waals surface area contributed by atoms with Crippen molar-refractivity contribution in [2.24, 2.45) is 29.1 Å². The highest BCUT2D eigenvalue weighted by molar-refractivity contribution is 6.74. The molecule has 8 heteroatoms. The van der Waals surface area contributed by atoms with E-state index in [2.05, 4.69) is 40.8 Å². The molecule has 1 heterocycles. The number of allylic oxidation sites excluding steroid dienone is 1. The molecule has 8 atom stereocenters. The summed E-state index contributed by atoms with van der Waals surface area (Å²) in [7, 11) is -2.03. The van der Waals surface area contributed by atoms with Crippen molar-refractivity contribution >= 4 is 26.5 Å². The Kier molecular flexibility index (Phi) is 9.66. The summed E-state index contributed by atoms with van der Waals surface area (Å²) in [6.07, 6.45) is 7.46. The van der Waals surface area contributed by atoms with Crippen LogP contribution in [-0.2, 0) is 28.3 Å². The predicted molar refractivity (Wildman–Crippen MR) is 153 cm³/mol. The molecule has 39 heavy (non-hydrogen) atoms. The van der Waals surface area contributed by atoms with Crippen LogP contribution in [0.2, 0.25) is 18.1 Å². The number of rotatable bonds is 9. The average Bonchev–Trinajstić information content (AvgIpc) is 2.82. The molecule has 0 unspecified atom stereocenters. The largest absolute Gasteiger partial charge is 0.462 e. The van der Waals surface area contributed by atoms with Gasteiger partial charge in [0.2, 0.25) is 0 Å². The fraction of sp³-hybridized carbons (Fsp3) is 0.839. The lowest BCUT2D eigenvalue weighted by atomic mass is 9.58. The summed E-state index contributed by atoms with van der Waals surface area (Å²) in [5.41, 5.74) is -1.87. The fourth-order valence-electron chi connectivity index (χ4n) is 6.21. The Balaban J connectivity index is 1.78. The average molecular weight is 565 g/mol. The summed E-state index contributed by atoms with van der Waals surface area (Å²) in [5.74, 6) is -1.07. The summed E-state index contributed by atoms with van der Waals surface area (Å²) in [6, 6.07) is 0. The van der Waals surface area contributed by atoms with Crippen molar-refractivity contribution < 1.29 is 33.4 Å². The number of aliphatic hydroxyl groups is 1. The minimum Gasteiger partial charge on any atom is -0.462 e. The van der Waals surface area contributed by atoms with Gasteiger partial charge in [0.1, 0.15) is 18.5 Å². The second-order valence-electron chi connectivity index (χ2n) is 14.5. The number of carbonyl (C=O) groups excluding carboxylic acids is 3. The van der Waals surface area contributed by atoms with Gasteiger partial charge in [-0.1, -0.05) is 46.8 Å². The number of hydrogen-bond donors (Lipinski definition) is 1. The lowest BCUT2D eigenvalue weighted by Gasteiger charge is -2.52. The number of esters is 2. The van der Waals surface area contributed by atoms with Gasteiger partial charge < -0.3 is 23.8 Å². The lowest BCUT2D eigenvalue weighted by molar-refractivity contribution is -0.184. The first kappa shape index (κ1) is 32.0. The van der Waals surface area contributed by atoms with Gasteiger partial charge in [-0.25, -0.2) is 0 Å². The second kappa shape index (κ2) is 11.8. The summed E-state index contributed by atoms with van der Waals surface area (Å²) >= 11 is 0. The van der Waals surface area contributed by atoms with E-state index in [-0.39, 0.29) is 59.3 Å². The molecule has 0 amide bonds. The van der Waals surface area contributed by atoms with E-state index < -0.39 is 25.4 Å². The third-order valence-electron chi connectivity index (χ3n) is 10.1. The van der Waals surface area contributed by atoms with Crippen molar-refractivity contribution in [2.45, 2.75) is 135 Å². The monoisotopic (exact) mass is 564 g/mol. The van der Waals surface area contributed by atoms with Crippen LogP contribution in [0.5, 0.6) is 0 Å². The quantitative estimate of drug-likeness (QED) is 0.159. The van der Waals surface area contributed by atoms with Crippen LogP contribution in [0.25, 0.3) is 0 Å². The number of cyclic esters (lactones) is 1.